The molecule has 0 saturated heterocycles. The number of carboxylic acid groups (broad SMARTS) is 2. The van der Waals surface area contributed by atoms with Gasteiger partial charge < -0.3 is 24.7 Å². The van der Waals surface area contributed by atoms with Crippen LogP contribution in [0.5, 0.6) is 5.75 Å². The summed E-state index contributed by atoms with van der Waals surface area (Å²) < 4.78 is 7.72. The predicted octanol–water partition coefficient (Wildman–Crippen LogP) is 5.35. The molecule has 0 spiro atoms. The molecule has 1 unspecified atom stereocenters. The Morgan fingerprint density at radius 2 is 1.79 bits per heavy atom. The Morgan fingerprint density at radius 1 is 1.02 bits per heavy atom. The van der Waals surface area contributed by atoms with E-state index in [1.165, 1.54) is 12.6 Å². The number of fused-ring (bicyclic) bond motifs is 1. The smallest absolute Gasteiger partial charge is 0.327 e. The molecule has 11 heteroatoms. The van der Waals surface area contributed by atoms with E-state index in [4.69, 9.17) is 9.84 Å². The fourth-order valence-electron chi connectivity index (χ4n) is 6.05. The van der Waals surface area contributed by atoms with Gasteiger partial charge in [0.15, 0.2) is 0 Å². The van der Waals surface area contributed by atoms with E-state index >= 15 is 0 Å². The summed E-state index contributed by atoms with van der Waals surface area (Å²) in [5.74, 6) is -2.35. The molecule has 1 aliphatic rings. The molecular weight excluding hydrogens is 612 g/mol. The maximum Gasteiger partial charge on any atom is 0.327 e. The van der Waals surface area contributed by atoms with Crippen molar-refractivity contribution in [2.45, 2.75) is 58.5 Å². The van der Waals surface area contributed by atoms with Gasteiger partial charge in [-0.1, -0.05) is 36.4 Å². The minimum absolute atomic E-state index is 0.0751. The van der Waals surface area contributed by atoms with Crippen molar-refractivity contribution in [1.29, 1.82) is 0 Å². The molecule has 3 aromatic carbocycles. The standard InChI is InChI=1S/C37H40N4O7/c1-24-9-4-15-33(25(24)2)48-18-8-16-34(42)41-17-7-13-30-29(12-6-14-31(30)41)28-21-38-40(23-28)22-26-10-5-11-27(19-26)36(45)39(3)32(37(46)47)20-35(43)44/h4-6,9-12,14-15,19,21,23,32H,7-8,13,16-18,20,22H2,1-3H3,(H,43,44)(H,46,47). The number of aliphatic carboxylic acids is 2. The Kier molecular flexibility index (Phi) is 10.6. The van der Waals surface area contributed by atoms with E-state index in [1.54, 1.807) is 29.1 Å². The lowest BCUT2D eigenvalue weighted by Crippen LogP contribution is -2.43. The molecule has 0 fully saturated rings. The monoisotopic (exact) mass is 652 g/mol. The fraction of sp³-hybridized carbons (Fsp3) is 0.324. The van der Waals surface area contributed by atoms with Crippen molar-refractivity contribution in [3.8, 4) is 16.9 Å². The third-order valence-electron chi connectivity index (χ3n) is 8.80. The fourth-order valence-corrected chi connectivity index (χ4v) is 6.05. The Labute approximate surface area is 279 Å². The molecule has 2 heterocycles. The third-order valence-corrected chi connectivity index (χ3v) is 8.80. The van der Waals surface area contributed by atoms with Gasteiger partial charge in [-0.3, -0.25) is 19.1 Å². The minimum Gasteiger partial charge on any atom is -0.493 e. The number of nitrogens with zero attached hydrogens (tertiary/aromatic N) is 4. The first-order valence-electron chi connectivity index (χ1n) is 16.0. The van der Waals surface area contributed by atoms with Crippen LogP contribution in [0.15, 0.2) is 73.1 Å². The molecule has 0 aliphatic carbocycles. The van der Waals surface area contributed by atoms with Crippen molar-refractivity contribution in [3.63, 3.8) is 0 Å². The molecule has 1 aromatic heterocycles. The molecule has 2 amide bonds. The van der Waals surface area contributed by atoms with Crippen LogP contribution in [0.3, 0.4) is 0 Å². The molecule has 48 heavy (non-hydrogen) atoms. The summed E-state index contributed by atoms with van der Waals surface area (Å²) in [6.07, 6.45) is 5.71. The van der Waals surface area contributed by atoms with Crippen LogP contribution in [0.4, 0.5) is 5.69 Å². The molecule has 5 rings (SSSR count). The first-order valence-corrected chi connectivity index (χ1v) is 16.0. The van der Waals surface area contributed by atoms with Gasteiger partial charge in [-0.15, -0.1) is 0 Å². The largest absolute Gasteiger partial charge is 0.493 e. The number of hydrogen-bond donors (Lipinski definition) is 2. The average Bonchev–Trinajstić information content (AvgIpc) is 3.54. The molecule has 2 N–H and O–H groups in total. The lowest BCUT2D eigenvalue weighted by molar-refractivity contribution is -0.148. The maximum atomic E-state index is 13.4. The van der Waals surface area contributed by atoms with Gasteiger partial charge in [0.25, 0.3) is 5.91 Å². The van der Waals surface area contributed by atoms with E-state index in [0.717, 1.165) is 57.0 Å². The van der Waals surface area contributed by atoms with E-state index in [0.29, 0.717) is 32.5 Å². The van der Waals surface area contributed by atoms with E-state index in [-0.39, 0.29) is 11.5 Å². The summed E-state index contributed by atoms with van der Waals surface area (Å²) in [6, 6.07) is 17.2. The number of ether oxygens (including phenoxy) is 1. The van der Waals surface area contributed by atoms with Gasteiger partial charge in [0.2, 0.25) is 5.91 Å². The summed E-state index contributed by atoms with van der Waals surface area (Å²) in [7, 11) is 1.29. The van der Waals surface area contributed by atoms with Crippen molar-refractivity contribution < 1.29 is 34.1 Å². The number of amides is 2. The van der Waals surface area contributed by atoms with Gasteiger partial charge in [0, 0.05) is 43.0 Å². The second-order valence-electron chi connectivity index (χ2n) is 12.1. The topological polar surface area (TPSA) is 142 Å². The SMILES string of the molecule is Cc1cccc(OCCCC(=O)N2CCCc3c(-c4cnn(Cc5cccc(C(=O)N(C)C(CC(=O)O)C(=O)O)c5)c4)cccc32)c1C. The van der Waals surface area contributed by atoms with Crippen LogP contribution in [-0.2, 0) is 27.3 Å². The number of benzene rings is 3. The van der Waals surface area contributed by atoms with E-state index in [2.05, 4.69) is 18.1 Å². The van der Waals surface area contributed by atoms with Gasteiger partial charge in [-0.2, -0.15) is 5.10 Å². The van der Waals surface area contributed by atoms with Gasteiger partial charge >= 0.3 is 11.9 Å². The molecule has 1 aliphatic heterocycles. The zero-order valence-corrected chi connectivity index (χ0v) is 27.4. The lowest BCUT2D eigenvalue weighted by Gasteiger charge is -2.31. The van der Waals surface area contributed by atoms with E-state index in [9.17, 15) is 24.3 Å². The Bertz CT molecular complexity index is 1830. The van der Waals surface area contributed by atoms with Crippen molar-refractivity contribution in [1.82, 2.24) is 14.7 Å². The summed E-state index contributed by atoms with van der Waals surface area (Å²) in [6.45, 7) is 5.58. The summed E-state index contributed by atoms with van der Waals surface area (Å²) in [5, 5.41) is 23.1. The van der Waals surface area contributed by atoms with Crippen molar-refractivity contribution in [2.24, 2.45) is 0 Å². The number of hydrogen-bond acceptors (Lipinski definition) is 6. The lowest BCUT2D eigenvalue weighted by atomic mass is 9.93. The second-order valence-corrected chi connectivity index (χ2v) is 12.1. The third kappa shape index (κ3) is 7.74. The Balaban J connectivity index is 1.25. The number of carbonyl (C=O) groups excluding carboxylic acids is 2. The number of likely N-dealkylation sites (N-methyl/N-ethyl adjacent to an activating group) is 1. The minimum atomic E-state index is -1.49. The first-order chi connectivity index (χ1) is 23.0. The van der Waals surface area contributed by atoms with Gasteiger partial charge in [-0.25, -0.2) is 4.79 Å². The summed E-state index contributed by atoms with van der Waals surface area (Å²) in [5.41, 5.74) is 7.25. The van der Waals surface area contributed by atoms with Crippen molar-refractivity contribution >= 4 is 29.4 Å². The van der Waals surface area contributed by atoms with Gasteiger partial charge in [-0.05, 0) is 85.2 Å². The van der Waals surface area contributed by atoms with Crippen LogP contribution in [0, 0.1) is 13.8 Å². The zero-order chi connectivity index (χ0) is 34.4. The molecule has 11 nitrogen and oxygen atoms in total. The Morgan fingerprint density at radius 3 is 2.56 bits per heavy atom. The Hall–Kier alpha value is -5.45. The normalized spacial score (nSPS) is 13.0. The van der Waals surface area contributed by atoms with E-state index < -0.39 is 30.3 Å². The van der Waals surface area contributed by atoms with Crippen LogP contribution in [0.1, 0.15) is 58.3 Å². The number of aromatic nitrogens is 2. The number of anilines is 1. The summed E-state index contributed by atoms with van der Waals surface area (Å²) >= 11 is 0. The molecule has 0 bridgehead atoms. The first kappa shape index (κ1) is 33.9. The quantitative estimate of drug-likeness (QED) is 0.184. The van der Waals surface area contributed by atoms with Gasteiger partial charge in [0.05, 0.1) is 25.8 Å². The second kappa shape index (κ2) is 15.0. The van der Waals surface area contributed by atoms with Crippen LogP contribution in [-0.4, -0.2) is 74.9 Å². The highest BCUT2D eigenvalue weighted by Gasteiger charge is 2.30. The number of rotatable bonds is 13. The zero-order valence-electron chi connectivity index (χ0n) is 27.4. The van der Waals surface area contributed by atoms with Crippen LogP contribution in [0.25, 0.3) is 11.1 Å². The van der Waals surface area contributed by atoms with Crippen LogP contribution in [0.2, 0.25) is 0 Å². The number of aryl methyl sites for hydroxylation is 1. The molecular formula is C37H40N4O7. The summed E-state index contributed by atoms with van der Waals surface area (Å²) in [4.78, 5) is 52.0. The maximum absolute atomic E-state index is 13.4. The highest BCUT2D eigenvalue weighted by Crippen LogP contribution is 2.36. The molecule has 0 radical (unpaired) electrons. The molecule has 0 saturated carbocycles. The number of carboxylic acids is 2. The molecule has 4 aromatic rings. The van der Waals surface area contributed by atoms with Crippen LogP contribution < -0.4 is 9.64 Å². The highest BCUT2D eigenvalue weighted by molar-refractivity contribution is 5.97. The van der Waals surface area contributed by atoms with Crippen LogP contribution >= 0.6 is 0 Å². The highest BCUT2D eigenvalue weighted by atomic mass is 16.5. The predicted molar refractivity (Wildman–Crippen MR) is 180 cm³/mol. The van der Waals surface area contributed by atoms with Gasteiger partial charge in [0.1, 0.15) is 11.8 Å². The van der Waals surface area contributed by atoms with Crippen molar-refractivity contribution in [2.75, 3.05) is 25.1 Å². The van der Waals surface area contributed by atoms with E-state index in [1.807, 2.05) is 54.4 Å². The van der Waals surface area contributed by atoms with Crippen molar-refractivity contribution in [3.05, 3.63) is 101 Å². The average molecular weight is 653 g/mol. The molecule has 250 valence electrons. The number of carbonyl (C=O) groups is 4. The molecule has 1 atom stereocenters.